The normalized spacial score (nSPS) is 22.4. The average molecular weight is 319 g/mol. The van der Waals surface area contributed by atoms with Gasteiger partial charge in [-0.05, 0) is 19.4 Å². The van der Waals surface area contributed by atoms with E-state index in [2.05, 4.69) is 10.4 Å². The van der Waals surface area contributed by atoms with Crippen LogP contribution in [0.2, 0.25) is 0 Å². The monoisotopic (exact) mass is 319 g/mol. The minimum Gasteiger partial charge on any atom is -0.387 e. The highest BCUT2D eigenvalue weighted by Gasteiger charge is 2.32. The first-order valence-electron chi connectivity index (χ1n) is 7.84. The lowest BCUT2D eigenvalue weighted by Gasteiger charge is -2.22. The van der Waals surface area contributed by atoms with Gasteiger partial charge in [0.1, 0.15) is 11.9 Å². The Labute approximate surface area is 135 Å². The van der Waals surface area contributed by atoms with Crippen LogP contribution in [0.3, 0.4) is 0 Å². The Morgan fingerprint density at radius 2 is 2.26 bits per heavy atom. The Balaban J connectivity index is 1.65. The zero-order valence-electron chi connectivity index (χ0n) is 13.4. The minimum absolute atomic E-state index is 0.0827. The molecule has 3 atom stereocenters. The van der Waals surface area contributed by atoms with E-state index in [0.29, 0.717) is 12.2 Å². The van der Waals surface area contributed by atoms with E-state index in [1.165, 1.54) is 6.07 Å². The molecule has 1 fully saturated rings. The predicted octanol–water partition coefficient (Wildman–Crippen LogP) is 2.02. The van der Waals surface area contributed by atoms with Crippen LogP contribution in [-0.2, 0) is 11.8 Å². The van der Waals surface area contributed by atoms with Crippen molar-refractivity contribution in [2.45, 2.75) is 31.6 Å². The third kappa shape index (κ3) is 3.29. The SMILES string of the molecule is Cc1c([C@H]2OCC[C@@H]2NC[C@@H](O)c2ccccc2F)cnn1C. The van der Waals surface area contributed by atoms with Crippen LogP contribution >= 0.6 is 0 Å². The molecule has 6 heteroatoms. The quantitative estimate of drug-likeness (QED) is 0.885. The van der Waals surface area contributed by atoms with Crippen LogP contribution in [0.1, 0.15) is 35.4 Å². The third-order valence-corrected chi connectivity index (χ3v) is 4.51. The van der Waals surface area contributed by atoms with E-state index in [0.717, 1.165) is 17.7 Å². The molecule has 1 aromatic carbocycles. The highest BCUT2D eigenvalue weighted by atomic mass is 19.1. The van der Waals surface area contributed by atoms with Gasteiger partial charge in [0, 0.05) is 43.1 Å². The van der Waals surface area contributed by atoms with Crippen LogP contribution < -0.4 is 5.32 Å². The van der Waals surface area contributed by atoms with E-state index < -0.39 is 6.10 Å². The predicted molar refractivity (Wildman–Crippen MR) is 84.4 cm³/mol. The van der Waals surface area contributed by atoms with Gasteiger partial charge in [-0.1, -0.05) is 18.2 Å². The number of aryl methyl sites for hydroxylation is 1. The average Bonchev–Trinajstić information content (AvgIpc) is 3.13. The number of aliphatic hydroxyl groups is 1. The summed E-state index contributed by atoms with van der Waals surface area (Å²) < 4.78 is 21.4. The maximum atomic E-state index is 13.7. The van der Waals surface area contributed by atoms with Crippen molar-refractivity contribution >= 4 is 0 Å². The molecule has 0 saturated carbocycles. The number of hydrogen-bond donors (Lipinski definition) is 2. The molecular formula is C17H22FN3O2. The summed E-state index contributed by atoms with van der Waals surface area (Å²) in [6, 6.07) is 6.39. The van der Waals surface area contributed by atoms with Crippen molar-refractivity contribution in [3.8, 4) is 0 Å². The largest absolute Gasteiger partial charge is 0.387 e. The van der Waals surface area contributed by atoms with Gasteiger partial charge in [-0.2, -0.15) is 5.10 Å². The topological polar surface area (TPSA) is 59.3 Å². The van der Waals surface area contributed by atoms with E-state index >= 15 is 0 Å². The number of nitrogens with zero attached hydrogens (tertiary/aromatic N) is 2. The van der Waals surface area contributed by atoms with Crippen molar-refractivity contribution in [1.82, 2.24) is 15.1 Å². The number of nitrogens with one attached hydrogen (secondary N) is 1. The van der Waals surface area contributed by atoms with Crippen LogP contribution in [0, 0.1) is 12.7 Å². The van der Waals surface area contributed by atoms with Crippen LogP contribution in [0.4, 0.5) is 4.39 Å². The van der Waals surface area contributed by atoms with Crippen molar-refractivity contribution in [3.05, 3.63) is 53.1 Å². The molecule has 2 aromatic rings. The lowest BCUT2D eigenvalue weighted by molar-refractivity contribution is 0.0926. The summed E-state index contributed by atoms with van der Waals surface area (Å²) >= 11 is 0. The highest BCUT2D eigenvalue weighted by Crippen LogP contribution is 2.31. The van der Waals surface area contributed by atoms with Crippen LogP contribution in [0.5, 0.6) is 0 Å². The van der Waals surface area contributed by atoms with Crippen molar-refractivity contribution in [1.29, 1.82) is 0 Å². The van der Waals surface area contributed by atoms with E-state index in [1.807, 2.05) is 24.9 Å². The standard InChI is InChI=1S/C17H22FN3O2/c1-11-13(9-20-21(11)2)17-15(7-8-23-17)19-10-16(22)12-5-3-4-6-14(12)18/h3-6,9,15-17,19,22H,7-8,10H2,1-2H3/t15-,16+,17+/m0/s1. The first-order valence-corrected chi connectivity index (χ1v) is 7.84. The summed E-state index contributed by atoms with van der Waals surface area (Å²) in [7, 11) is 1.90. The maximum Gasteiger partial charge on any atom is 0.129 e. The lowest BCUT2D eigenvalue weighted by atomic mass is 10.0. The molecule has 0 aliphatic carbocycles. The lowest BCUT2D eigenvalue weighted by Crippen LogP contribution is -2.35. The molecule has 1 aromatic heterocycles. The molecule has 2 heterocycles. The summed E-state index contributed by atoms with van der Waals surface area (Å²) in [4.78, 5) is 0. The van der Waals surface area contributed by atoms with E-state index in [1.54, 1.807) is 18.2 Å². The molecule has 23 heavy (non-hydrogen) atoms. The van der Waals surface area contributed by atoms with Gasteiger partial charge in [-0.25, -0.2) is 4.39 Å². The molecule has 1 aliphatic heterocycles. The summed E-state index contributed by atoms with van der Waals surface area (Å²) in [5, 5.41) is 17.8. The van der Waals surface area contributed by atoms with Gasteiger partial charge in [0.15, 0.2) is 0 Å². The second-order valence-corrected chi connectivity index (χ2v) is 5.94. The van der Waals surface area contributed by atoms with Crippen LogP contribution in [-0.4, -0.2) is 34.1 Å². The van der Waals surface area contributed by atoms with Gasteiger partial charge in [0.2, 0.25) is 0 Å². The van der Waals surface area contributed by atoms with Gasteiger partial charge in [0.05, 0.1) is 12.3 Å². The molecule has 0 bridgehead atoms. The highest BCUT2D eigenvalue weighted by molar-refractivity contribution is 5.22. The number of aromatic nitrogens is 2. The van der Waals surface area contributed by atoms with Crippen LogP contribution in [0.15, 0.2) is 30.5 Å². The Kier molecular flexibility index (Phi) is 4.75. The number of benzene rings is 1. The Bertz CT molecular complexity index is 674. The number of hydrogen-bond acceptors (Lipinski definition) is 4. The first kappa shape index (κ1) is 16.1. The zero-order chi connectivity index (χ0) is 16.4. The van der Waals surface area contributed by atoms with E-state index in [9.17, 15) is 9.50 Å². The first-order chi connectivity index (χ1) is 11.1. The van der Waals surface area contributed by atoms with Crippen molar-refractivity contribution < 1.29 is 14.2 Å². The maximum absolute atomic E-state index is 13.7. The molecule has 124 valence electrons. The van der Waals surface area contributed by atoms with Gasteiger partial charge >= 0.3 is 0 Å². The van der Waals surface area contributed by atoms with Gasteiger partial charge in [0.25, 0.3) is 0 Å². The molecule has 1 saturated heterocycles. The fourth-order valence-electron chi connectivity index (χ4n) is 3.02. The smallest absolute Gasteiger partial charge is 0.129 e. The van der Waals surface area contributed by atoms with E-state index in [-0.39, 0.29) is 24.5 Å². The van der Waals surface area contributed by atoms with Gasteiger partial charge in [-0.3, -0.25) is 4.68 Å². The van der Waals surface area contributed by atoms with Crippen molar-refractivity contribution in [2.24, 2.45) is 7.05 Å². The summed E-state index contributed by atoms with van der Waals surface area (Å²) in [5.41, 5.74) is 2.44. The molecule has 0 amide bonds. The number of aliphatic hydroxyl groups excluding tert-OH is 1. The molecule has 5 nitrogen and oxygen atoms in total. The molecular weight excluding hydrogens is 297 g/mol. The minimum atomic E-state index is -0.882. The molecule has 0 spiro atoms. The Morgan fingerprint density at radius 1 is 1.48 bits per heavy atom. The van der Waals surface area contributed by atoms with Gasteiger partial charge < -0.3 is 15.2 Å². The molecule has 2 N–H and O–H groups in total. The summed E-state index contributed by atoms with van der Waals surface area (Å²) in [6.07, 6.45) is 1.71. The fraction of sp³-hybridized carbons (Fsp3) is 0.471. The zero-order valence-corrected chi connectivity index (χ0v) is 13.4. The van der Waals surface area contributed by atoms with Gasteiger partial charge in [-0.15, -0.1) is 0 Å². The number of ether oxygens (including phenoxy) is 1. The third-order valence-electron chi connectivity index (χ3n) is 4.51. The number of rotatable bonds is 5. The molecule has 0 radical (unpaired) electrons. The van der Waals surface area contributed by atoms with Crippen molar-refractivity contribution in [3.63, 3.8) is 0 Å². The Morgan fingerprint density at radius 3 is 2.96 bits per heavy atom. The van der Waals surface area contributed by atoms with Crippen molar-refractivity contribution in [2.75, 3.05) is 13.2 Å². The number of halogens is 1. The second-order valence-electron chi connectivity index (χ2n) is 5.94. The van der Waals surface area contributed by atoms with Crippen LogP contribution in [0.25, 0.3) is 0 Å². The molecule has 3 rings (SSSR count). The summed E-state index contributed by atoms with van der Waals surface area (Å²) in [5.74, 6) is -0.385. The summed E-state index contributed by atoms with van der Waals surface area (Å²) in [6.45, 7) is 2.95. The second kappa shape index (κ2) is 6.78. The molecule has 0 unspecified atom stereocenters. The Hall–Kier alpha value is -1.76. The fourth-order valence-corrected chi connectivity index (χ4v) is 3.02. The molecule has 1 aliphatic rings. The van der Waals surface area contributed by atoms with E-state index in [4.69, 9.17) is 4.74 Å².